The summed E-state index contributed by atoms with van der Waals surface area (Å²) in [5.41, 5.74) is 0.613. The summed E-state index contributed by atoms with van der Waals surface area (Å²) in [4.78, 5) is 13.9. The first-order valence-electron chi connectivity index (χ1n) is 9.89. The Bertz CT molecular complexity index is 1220. The highest BCUT2D eigenvalue weighted by Gasteiger charge is 2.27. The van der Waals surface area contributed by atoms with Gasteiger partial charge in [0, 0.05) is 9.92 Å². The number of carbonyl (C=O) groups is 1. The van der Waals surface area contributed by atoms with E-state index in [1.165, 1.54) is 30.0 Å². The van der Waals surface area contributed by atoms with Crippen LogP contribution in [0.3, 0.4) is 0 Å². The van der Waals surface area contributed by atoms with E-state index in [-0.39, 0.29) is 9.92 Å². The molecule has 0 aromatic heterocycles. The molecule has 3 aromatic carbocycles. The third-order valence-corrected chi connectivity index (χ3v) is 7.67. The molecule has 0 unspecified atom stereocenters. The second-order valence-electron chi connectivity index (χ2n) is 6.79. The van der Waals surface area contributed by atoms with Crippen LogP contribution >= 0.6 is 35.0 Å². The van der Waals surface area contributed by atoms with Crippen LogP contribution < -0.4 is 14.4 Å². The zero-order valence-electron chi connectivity index (χ0n) is 17.9. The van der Waals surface area contributed by atoms with Gasteiger partial charge in [0.2, 0.25) is 5.91 Å². The molecule has 0 heterocycles. The molecule has 0 bridgehead atoms. The third-order valence-electron chi connectivity index (χ3n) is 4.57. The van der Waals surface area contributed by atoms with Crippen molar-refractivity contribution < 1.29 is 17.9 Å². The van der Waals surface area contributed by atoms with Crippen molar-refractivity contribution in [2.45, 2.75) is 16.7 Å². The monoisotopic (exact) mass is 524 g/mol. The maximum atomic E-state index is 13.5. The van der Waals surface area contributed by atoms with E-state index in [4.69, 9.17) is 27.9 Å². The van der Waals surface area contributed by atoms with E-state index in [0.717, 1.165) is 9.20 Å². The summed E-state index contributed by atoms with van der Waals surface area (Å²) in [5.74, 6) is 0.0236. The van der Waals surface area contributed by atoms with E-state index < -0.39 is 22.5 Å². The number of thioether (sulfide) groups is 1. The number of rotatable bonds is 9. The lowest BCUT2D eigenvalue weighted by atomic mass is 10.3. The van der Waals surface area contributed by atoms with Gasteiger partial charge in [-0.05, 0) is 79.9 Å². The fraction of sp³-hybridized carbons (Fsp3) is 0.174. The maximum absolute atomic E-state index is 13.5. The molecule has 3 rings (SSSR count). The van der Waals surface area contributed by atoms with Gasteiger partial charge in [-0.15, -0.1) is 11.8 Å². The highest BCUT2D eigenvalue weighted by atomic mass is 35.5. The molecule has 1 amide bonds. The lowest BCUT2D eigenvalue weighted by Gasteiger charge is -2.24. The van der Waals surface area contributed by atoms with Crippen LogP contribution in [0.1, 0.15) is 6.92 Å². The van der Waals surface area contributed by atoms with Crippen LogP contribution in [-0.2, 0) is 14.8 Å². The number of nitrogens with zero attached hydrogens (tertiary/aromatic N) is 1. The number of carbonyl (C=O) groups excluding carboxylic acids is 1. The van der Waals surface area contributed by atoms with Crippen molar-refractivity contribution >= 4 is 62.3 Å². The number of hydrogen-bond donors (Lipinski definition) is 1. The van der Waals surface area contributed by atoms with Crippen molar-refractivity contribution in [1.29, 1.82) is 0 Å². The molecule has 3 aromatic rings. The summed E-state index contributed by atoms with van der Waals surface area (Å²) in [6.45, 7) is 1.86. The van der Waals surface area contributed by atoms with E-state index >= 15 is 0 Å². The molecule has 0 saturated carbocycles. The molecular formula is C23H22Cl2N2O4S2. The summed E-state index contributed by atoms with van der Waals surface area (Å²) in [5, 5.41) is 3.31. The minimum atomic E-state index is -4.05. The van der Waals surface area contributed by atoms with E-state index in [2.05, 4.69) is 5.32 Å². The SMILES string of the molecule is CCOc1ccc(N(CC(=O)Nc2cc(Cl)ccc2Cl)S(=O)(=O)c2ccc(SC)cc2)cc1. The number of amides is 1. The molecule has 0 spiro atoms. The van der Waals surface area contributed by atoms with Gasteiger partial charge in [0.15, 0.2) is 0 Å². The van der Waals surface area contributed by atoms with Crippen LogP contribution in [0, 0.1) is 0 Å². The van der Waals surface area contributed by atoms with Gasteiger partial charge in [-0.3, -0.25) is 9.10 Å². The first-order valence-corrected chi connectivity index (χ1v) is 13.3. The molecule has 0 aliphatic heterocycles. The van der Waals surface area contributed by atoms with Crippen LogP contribution in [0.2, 0.25) is 10.0 Å². The molecular weight excluding hydrogens is 503 g/mol. The summed E-state index contributed by atoms with van der Waals surface area (Å²) in [6, 6.07) is 17.6. The first kappa shape index (κ1) is 25.2. The second-order valence-corrected chi connectivity index (χ2v) is 10.4. The largest absolute Gasteiger partial charge is 0.494 e. The van der Waals surface area contributed by atoms with E-state index in [9.17, 15) is 13.2 Å². The number of hydrogen-bond acceptors (Lipinski definition) is 5. The Morgan fingerprint density at radius 2 is 1.70 bits per heavy atom. The van der Waals surface area contributed by atoms with Gasteiger partial charge in [0.25, 0.3) is 10.0 Å². The lowest BCUT2D eigenvalue weighted by Crippen LogP contribution is -2.38. The minimum absolute atomic E-state index is 0.0720. The van der Waals surface area contributed by atoms with Crippen LogP contribution in [-0.4, -0.2) is 33.7 Å². The average molecular weight is 525 g/mol. The smallest absolute Gasteiger partial charge is 0.264 e. The fourth-order valence-corrected chi connectivity index (χ4v) is 5.14. The number of nitrogens with one attached hydrogen (secondary N) is 1. The molecule has 174 valence electrons. The van der Waals surface area contributed by atoms with Crippen molar-refractivity contribution in [2.24, 2.45) is 0 Å². The summed E-state index contributed by atoms with van der Waals surface area (Å²) < 4.78 is 33.5. The predicted octanol–water partition coefficient (Wildman–Crippen LogP) is 5.95. The van der Waals surface area contributed by atoms with Crippen molar-refractivity contribution in [3.8, 4) is 5.75 Å². The molecule has 0 aliphatic carbocycles. The molecule has 0 aliphatic rings. The number of halogens is 2. The van der Waals surface area contributed by atoms with Gasteiger partial charge in [0.1, 0.15) is 12.3 Å². The van der Waals surface area contributed by atoms with Gasteiger partial charge in [-0.1, -0.05) is 23.2 Å². The quantitative estimate of drug-likeness (QED) is 0.350. The predicted molar refractivity (Wildman–Crippen MR) is 135 cm³/mol. The molecule has 0 saturated heterocycles. The Hall–Kier alpha value is -2.39. The molecule has 0 radical (unpaired) electrons. The number of ether oxygens (including phenoxy) is 1. The molecule has 0 atom stereocenters. The Kier molecular flexibility index (Phi) is 8.53. The van der Waals surface area contributed by atoms with Crippen molar-refractivity contribution in [3.63, 3.8) is 0 Å². The lowest BCUT2D eigenvalue weighted by molar-refractivity contribution is -0.114. The fourth-order valence-electron chi connectivity index (χ4n) is 2.98. The summed E-state index contributed by atoms with van der Waals surface area (Å²) in [7, 11) is -4.05. The van der Waals surface area contributed by atoms with Gasteiger partial charge in [-0.25, -0.2) is 8.42 Å². The van der Waals surface area contributed by atoms with Crippen LogP contribution in [0.15, 0.2) is 76.5 Å². The second kappa shape index (κ2) is 11.2. The molecule has 6 nitrogen and oxygen atoms in total. The van der Waals surface area contributed by atoms with Crippen molar-refractivity contribution in [2.75, 3.05) is 29.0 Å². The zero-order chi connectivity index (χ0) is 24.0. The standard InChI is InChI=1S/C23H22Cl2N2O4S2/c1-3-31-18-7-5-17(6-8-18)27(33(29,30)20-11-9-19(32-2)10-12-20)15-23(28)26-22-14-16(24)4-13-21(22)25/h4-14H,3,15H2,1-2H3,(H,26,28). The van der Waals surface area contributed by atoms with Gasteiger partial charge < -0.3 is 10.1 Å². The molecule has 0 fully saturated rings. The van der Waals surface area contributed by atoms with Crippen molar-refractivity contribution in [1.82, 2.24) is 0 Å². The zero-order valence-corrected chi connectivity index (χ0v) is 21.1. The summed E-state index contributed by atoms with van der Waals surface area (Å²) >= 11 is 13.6. The maximum Gasteiger partial charge on any atom is 0.264 e. The topological polar surface area (TPSA) is 75.7 Å². The number of benzene rings is 3. The first-order chi connectivity index (χ1) is 15.7. The van der Waals surface area contributed by atoms with Crippen molar-refractivity contribution in [3.05, 3.63) is 76.8 Å². The molecule has 33 heavy (non-hydrogen) atoms. The van der Waals surface area contributed by atoms with E-state index in [1.54, 1.807) is 48.5 Å². The summed E-state index contributed by atoms with van der Waals surface area (Å²) in [6.07, 6.45) is 1.90. The third kappa shape index (κ3) is 6.35. The van der Waals surface area contributed by atoms with Crippen LogP contribution in [0.5, 0.6) is 5.75 Å². The molecule has 10 heteroatoms. The van der Waals surface area contributed by atoms with E-state index in [0.29, 0.717) is 28.8 Å². The van der Waals surface area contributed by atoms with Crippen LogP contribution in [0.25, 0.3) is 0 Å². The highest BCUT2D eigenvalue weighted by Crippen LogP contribution is 2.29. The highest BCUT2D eigenvalue weighted by molar-refractivity contribution is 7.98. The van der Waals surface area contributed by atoms with Crippen LogP contribution in [0.4, 0.5) is 11.4 Å². The van der Waals surface area contributed by atoms with E-state index in [1.807, 2.05) is 13.2 Å². The normalized spacial score (nSPS) is 11.2. The average Bonchev–Trinajstić information content (AvgIpc) is 2.80. The Balaban J connectivity index is 1.95. The van der Waals surface area contributed by atoms with Gasteiger partial charge in [-0.2, -0.15) is 0 Å². The molecule has 1 N–H and O–H groups in total. The Labute approximate surface area is 207 Å². The Morgan fingerprint density at radius 3 is 2.30 bits per heavy atom. The minimum Gasteiger partial charge on any atom is -0.494 e. The number of sulfonamides is 1. The Morgan fingerprint density at radius 1 is 1.03 bits per heavy atom. The van der Waals surface area contributed by atoms with Gasteiger partial charge in [0.05, 0.1) is 27.9 Å². The number of anilines is 2. The van der Waals surface area contributed by atoms with Gasteiger partial charge >= 0.3 is 0 Å².